The van der Waals surface area contributed by atoms with Gasteiger partial charge in [-0.25, -0.2) is 0 Å². The van der Waals surface area contributed by atoms with E-state index >= 15 is 0 Å². The number of thioether (sulfide) groups is 1. The topological polar surface area (TPSA) is 38.9 Å². The highest BCUT2D eigenvalue weighted by Crippen LogP contribution is 2.29. The average molecular weight is 196 g/mol. The third-order valence-electron chi connectivity index (χ3n) is 1.94. The van der Waals surface area contributed by atoms with Crippen molar-refractivity contribution >= 4 is 17.4 Å². The second kappa shape index (κ2) is 4.01. The van der Waals surface area contributed by atoms with Crippen LogP contribution >= 0.6 is 11.8 Å². The van der Waals surface area contributed by atoms with E-state index in [0.717, 1.165) is 22.0 Å². The normalized spacial score (nSPS) is 10.8. The minimum atomic E-state index is 0.394. The van der Waals surface area contributed by atoms with E-state index in [-0.39, 0.29) is 0 Å². The van der Waals surface area contributed by atoms with Gasteiger partial charge in [0.25, 0.3) is 0 Å². The summed E-state index contributed by atoms with van der Waals surface area (Å²) in [7, 11) is 0. The van der Waals surface area contributed by atoms with E-state index in [1.54, 1.807) is 11.8 Å². The molecule has 0 amide bonds. The Morgan fingerprint density at radius 1 is 1.46 bits per heavy atom. The predicted molar refractivity (Wildman–Crippen MR) is 59.3 cm³/mol. The number of aromatic nitrogens is 1. The number of rotatable bonds is 2. The van der Waals surface area contributed by atoms with E-state index in [2.05, 4.69) is 18.8 Å². The Kier molecular flexibility index (Phi) is 3.20. The highest BCUT2D eigenvalue weighted by Gasteiger charge is 2.10. The van der Waals surface area contributed by atoms with Crippen molar-refractivity contribution in [3.63, 3.8) is 0 Å². The molecule has 1 heterocycles. The van der Waals surface area contributed by atoms with Crippen molar-refractivity contribution in [3.8, 4) is 0 Å². The Bertz CT molecular complexity index is 308. The van der Waals surface area contributed by atoms with Crippen LogP contribution in [0.25, 0.3) is 0 Å². The molecule has 0 aliphatic carbocycles. The summed E-state index contributed by atoms with van der Waals surface area (Å²) in [6, 6.07) is 2.03. The molecule has 0 aromatic carbocycles. The van der Waals surface area contributed by atoms with Crippen LogP contribution < -0.4 is 5.73 Å². The third-order valence-corrected chi connectivity index (χ3v) is 2.72. The number of nitrogens with zero attached hydrogens (tertiary/aromatic N) is 1. The molecule has 3 heteroatoms. The zero-order valence-corrected chi connectivity index (χ0v) is 9.40. The van der Waals surface area contributed by atoms with Gasteiger partial charge in [0, 0.05) is 10.6 Å². The van der Waals surface area contributed by atoms with Crippen LogP contribution in [-0.4, -0.2) is 11.2 Å². The van der Waals surface area contributed by atoms with Crippen LogP contribution in [0.15, 0.2) is 11.0 Å². The Hall–Kier alpha value is -0.700. The molecule has 2 nitrogen and oxygen atoms in total. The summed E-state index contributed by atoms with van der Waals surface area (Å²) in [6.07, 6.45) is 2.04. The van der Waals surface area contributed by atoms with Gasteiger partial charge in [-0.2, -0.15) is 0 Å². The van der Waals surface area contributed by atoms with E-state index in [4.69, 9.17) is 5.73 Å². The SMILES string of the molecule is CSc1cc(C)nc(C(C)C)c1N. The molecule has 0 aliphatic rings. The van der Waals surface area contributed by atoms with Gasteiger partial charge in [0.2, 0.25) is 0 Å². The summed E-state index contributed by atoms with van der Waals surface area (Å²) < 4.78 is 0. The maximum Gasteiger partial charge on any atom is 0.0674 e. The fourth-order valence-corrected chi connectivity index (χ4v) is 1.90. The number of nitrogens with two attached hydrogens (primary N) is 1. The van der Waals surface area contributed by atoms with Gasteiger partial charge in [0.1, 0.15) is 0 Å². The van der Waals surface area contributed by atoms with Crippen LogP contribution in [0.1, 0.15) is 31.2 Å². The maximum absolute atomic E-state index is 5.98. The van der Waals surface area contributed by atoms with Crippen molar-refractivity contribution in [2.24, 2.45) is 0 Å². The quantitative estimate of drug-likeness (QED) is 0.739. The lowest BCUT2D eigenvalue weighted by atomic mass is 10.1. The summed E-state index contributed by atoms with van der Waals surface area (Å²) in [4.78, 5) is 5.58. The van der Waals surface area contributed by atoms with E-state index in [9.17, 15) is 0 Å². The summed E-state index contributed by atoms with van der Waals surface area (Å²) in [5, 5.41) is 0. The Morgan fingerprint density at radius 3 is 2.54 bits per heavy atom. The molecule has 72 valence electrons. The summed E-state index contributed by atoms with van der Waals surface area (Å²) in [6.45, 7) is 6.23. The highest BCUT2D eigenvalue weighted by atomic mass is 32.2. The van der Waals surface area contributed by atoms with Crippen molar-refractivity contribution in [2.45, 2.75) is 31.6 Å². The molecular weight excluding hydrogens is 180 g/mol. The molecule has 2 N–H and O–H groups in total. The lowest BCUT2D eigenvalue weighted by molar-refractivity contribution is 0.814. The molecule has 0 saturated carbocycles. The molecule has 0 radical (unpaired) electrons. The maximum atomic E-state index is 5.98. The molecule has 0 fully saturated rings. The van der Waals surface area contributed by atoms with Crippen molar-refractivity contribution in [1.82, 2.24) is 4.98 Å². The highest BCUT2D eigenvalue weighted by molar-refractivity contribution is 7.98. The molecule has 0 aliphatic heterocycles. The predicted octanol–water partition coefficient (Wildman–Crippen LogP) is 2.82. The summed E-state index contributed by atoms with van der Waals surface area (Å²) in [5.41, 5.74) is 8.88. The van der Waals surface area contributed by atoms with Crippen LogP contribution in [0.5, 0.6) is 0 Å². The van der Waals surface area contributed by atoms with Gasteiger partial charge >= 0.3 is 0 Å². The van der Waals surface area contributed by atoms with Crippen LogP contribution in [0.2, 0.25) is 0 Å². The number of anilines is 1. The van der Waals surface area contributed by atoms with Crippen LogP contribution in [0.3, 0.4) is 0 Å². The van der Waals surface area contributed by atoms with Gasteiger partial charge in [-0.1, -0.05) is 13.8 Å². The van der Waals surface area contributed by atoms with Gasteiger partial charge in [-0.05, 0) is 25.2 Å². The smallest absolute Gasteiger partial charge is 0.0674 e. The van der Waals surface area contributed by atoms with E-state index in [1.807, 2.05) is 19.2 Å². The number of nitrogen functional groups attached to an aromatic ring is 1. The standard InChI is InChI=1S/C10H16N2S/c1-6(2)10-9(11)8(13-4)5-7(3)12-10/h5-6H,11H2,1-4H3. The largest absolute Gasteiger partial charge is 0.396 e. The monoisotopic (exact) mass is 196 g/mol. The van der Waals surface area contributed by atoms with Gasteiger partial charge < -0.3 is 5.73 Å². The average Bonchev–Trinajstić information content (AvgIpc) is 2.08. The first-order valence-corrected chi connectivity index (χ1v) is 5.59. The fourth-order valence-electron chi connectivity index (χ4n) is 1.29. The van der Waals surface area contributed by atoms with Crippen molar-refractivity contribution in [1.29, 1.82) is 0 Å². The Morgan fingerprint density at radius 2 is 2.08 bits per heavy atom. The zero-order chi connectivity index (χ0) is 10.0. The van der Waals surface area contributed by atoms with E-state index in [0.29, 0.717) is 5.92 Å². The molecule has 0 unspecified atom stereocenters. The molecule has 13 heavy (non-hydrogen) atoms. The fraction of sp³-hybridized carbons (Fsp3) is 0.500. The molecule has 1 aromatic rings. The lowest BCUT2D eigenvalue weighted by Crippen LogP contribution is -2.03. The number of hydrogen-bond donors (Lipinski definition) is 1. The Balaban J connectivity index is 3.27. The van der Waals surface area contributed by atoms with Gasteiger partial charge in [0.15, 0.2) is 0 Å². The van der Waals surface area contributed by atoms with Crippen molar-refractivity contribution in [3.05, 3.63) is 17.5 Å². The number of pyridine rings is 1. The second-order valence-electron chi connectivity index (χ2n) is 3.42. The number of aryl methyl sites for hydroxylation is 1. The molecule has 1 aromatic heterocycles. The molecule has 0 spiro atoms. The minimum Gasteiger partial charge on any atom is -0.396 e. The van der Waals surface area contributed by atoms with E-state index < -0.39 is 0 Å². The van der Waals surface area contributed by atoms with Crippen LogP contribution in [0.4, 0.5) is 5.69 Å². The molecule has 1 rings (SSSR count). The van der Waals surface area contributed by atoms with Crippen molar-refractivity contribution in [2.75, 3.05) is 12.0 Å². The first kappa shape index (κ1) is 10.4. The molecule has 0 bridgehead atoms. The summed E-state index contributed by atoms with van der Waals surface area (Å²) >= 11 is 1.68. The molecule has 0 atom stereocenters. The first-order valence-electron chi connectivity index (χ1n) is 4.37. The van der Waals surface area contributed by atoms with Gasteiger partial charge in [-0.15, -0.1) is 11.8 Å². The third kappa shape index (κ3) is 2.15. The molecule has 0 saturated heterocycles. The number of hydrogen-bond acceptors (Lipinski definition) is 3. The lowest BCUT2D eigenvalue weighted by Gasteiger charge is -2.12. The van der Waals surface area contributed by atoms with Gasteiger partial charge in [0.05, 0.1) is 11.4 Å². The minimum absolute atomic E-state index is 0.394. The van der Waals surface area contributed by atoms with Crippen LogP contribution in [-0.2, 0) is 0 Å². The Labute approximate surface area is 83.9 Å². The van der Waals surface area contributed by atoms with Crippen molar-refractivity contribution < 1.29 is 0 Å². The zero-order valence-electron chi connectivity index (χ0n) is 8.59. The van der Waals surface area contributed by atoms with Crippen LogP contribution in [0, 0.1) is 6.92 Å². The van der Waals surface area contributed by atoms with E-state index in [1.165, 1.54) is 0 Å². The first-order chi connectivity index (χ1) is 6.06. The van der Waals surface area contributed by atoms with Gasteiger partial charge in [-0.3, -0.25) is 4.98 Å². The second-order valence-corrected chi connectivity index (χ2v) is 4.27. The molecular formula is C10H16N2S. The summed E-state index contributed by atoms with van der Waals surface area (Å²) in [5.74, 6) is 0.394.